The number of benzene rings is 1. The monoisotopic (exact) mass is 255 g/mol. The summed E-state index contributed by atoms with van der Waals surface area (Å²) < 4.78 is 5.21. The molecular weight excluding hydrogens is 238 g/mol. The zero-order valence-corrected chi connectivity index (χ0v) is 11.0. The van der Waals surface area contributed by atoms with Crippen molar-refractivity contribution in [3.63, 3.8) is 0 Å². The minimum atomic E-state index is 0.369. The molecule has 0 radical (unpaired) electrons. The third-order valence-electron chi connectivity index (χ3n) is 3.56. The molecule has 1 aromatic heterocycles. The quantitative estimate of drug-likeness (QED) is 0.845. The lowest BCUT2D eigenvalue weighted by Crippen LogP contribution is -2.24. The second kappa shape index (κ2) is 5.26. The van der Waals surface area contributed by atoms with Gasteiger partial charge in [0.15, 0.2) is 0 Å². The first-order valence-electron chi connectivity index (χ1n) is 6.56. The summed E-state index contributed by atoms with van der Waals surface area (Å²) in [5, 5.41) is 0. The van der Waals surface area contributed by atoms with E-state index in [4.69, 9.17) is 4.74 Å². The highest BCUT2D eigenvalue weighted by molar-refractivity contribution is 5.39. The van der Waals surface area contributed by atoms with Gasteiger partial charge in [0, 0.05) is 18.9 Å². The Bertz CT molecular complexity index is 527. The summed E-state index contributed by atoms with van der Waals surface area (Å²) in [5.41, 5.74) is 1.30. The molecule has 0 saturated carbocycles. The molecule has 0 spiro atoms. The predicted octanol–water partition coefficient (Wildman–Crippen LogP) is 2.83. The van der Waals surface area contributed by atoms with Gasteiger partial charge in [-0.15, -0.1) is 0 Å². The van der Waals surface area contributed by atoms with Crippen LogP contribution in [0.15, 0.2) is 42.7 Å². The van der Waals surface area contributed by atoms with Crippen LogP contribution in [0.4, 0.5) is 5.95 Å². The second-order valence-corrected chi connectivity index (χ2v) is 4.67. The highest BCUT2D eigenvalue weighted by atomic mass is 16.5. The number of ether oxygens (including phenoxy) is 1. The molecule has 98 valence electrons. The second-order valence-electron chi connectivity index (χ2n) is 4.67. The Morgan fingerprint density at radius 1 is 1.16 bits per heavy atom. The van der Waals surface area contributed by atoms with Gasteiger partial charge in [-0.25, -0.2) is 9.97 Å². The molecule has 3 rings (SSSR count). The van der Waals surface area contributed by atoms with E-state index in [1.807, 2.05) is 18.2 Å². The Morgan fingerprint density at radius 3 is 2.58 bits per heavy atom. The lowest BCUT2D eigenvalue weighted by Gasteiger charge is -2.24. The van der Waals surface area contributed by atoms with Crippen LogP contribution >= 0.6 is 0 Å². The van der Waals surface area contributed by atoms with Crippen LogP contribution in [0.2, 0.25) is 0 Å². The van der Waals surface area contributed by atoms with E-state index in [-0.39, 0.29) is 0 Å². The Kier molecular flexibility index (Phi) is 3.31. The number of nitrogens with zero attached hydrogens (tertiary/aromatic N) is 3. The summed E-state index contributed by atoms with van der Waals surface area (Å²) in [7, 11) is 1.69. The van der Waals surface area contributed by atoms with Crippen molar-refractivity contribution < 1.29 is 4.74 Å². The first-order valence-corrected chi connectivity index (χ1v) is 6.56. The molecule has 1 aliphatic heterocycles. The maximum atomic E-state index is 5.21. The smallest absolute Gasteiger partial charge is 0.225 e. The molecule has 1 atom stereocenters. The third-order valence-corrected chi connectivity index (χ3v) is 3.56. The molecule has 4 heteroatoms. The van der Waals surface area contributed by atoms with Gasteiger partial charge in [-0.3, -0.25) is 0 Å². The Balaban J connectivity index is 1.86. The molecule has 2 aromatic rings. The van der Waals surface area contributed by atoms with E-state index >= 15 is 0 Å². The molecular formula is C15H17N3O. The largest absolute Gasteiger partial charge is 0.497 e. The Hall–Kier alpha value is -2.10. The maximum absolute atomic E-state index is 5.21. The van der Waals surface area contributed by atoms with E-state index in [0.717, 1.165) is 24.7 Å². The van der Waals surface area contributed by atoms with Gasteiger partial charge in [0.1, 0.15) is 5.75 Å². The van der Waals surface area contributed by atoms with Crippen molar-refractivity contribution >= 4 is 5.95 Å². The van der Waals surface area contributed by atoms with Gasteiger partial charge in [-0.2, -0.15) is 0 Å². The van der Waals surface area contributed by atoms with Crippen LogP contribution in [0, 0.1) is 0 Å². The minimum absolute atomic E-state index is 0.369. The number of aromatic nitrogens is 2. The van der Waals surface area contributed by atoms with E-state index < -0.39 is 0 Å². The van der Waals surface area contributed by atoms with Crippen molar-refractivity contribution in [1.29, 1.82) is 0 Å². The summed E-state index contributed by atoms with van der Waals surface area (Å²) >= 11 is 0. The van der Waals surface area contributed by atoms with E-state index in [9.17, 15) is 0 Å². The summed E-state index contributed by atoms with van der Waals surface area (Å²) in [6.07, 6.45) is 5.91. The fraction of sp³-hybridized carbons (Fsp3) is 0.333. The minimum Gasteiger partial charge on any atom is -0.497 e. The summed E-state index contributed by atoms with van der Waals surface area (Å²) in [6, 6.07) is 10.5. The molecule has 0 N–H and O–H groups in total. The fourth-order valence-electron chi connectivity index (χ4n) is 2.62. The van der Waals surface area contributed by atoms with E-state index in [1.54, 1.807) is 19.5 Å². The molecule has 19 heavy (non-hydrogen) atoms. The summed E-state index contributed by atoms with van der Waals surface area (Å²) in [5.74, 6) is 1.71. The van der Waals surface area contributed by atoms with Crippen molar-refractivity contribution in [3.8, 4) is 5.75 Å². The van der Waals surface area contributed by atoms with Crippen LogP contribution in [-0.2, 0) is 0 Å². The van der Waals surface area contributed by atoms with E-state index in [2.05, 4.69) is 27.0 Å². The SMILES string of the molecule is COc1ccc(C2CCCN2c2ncccn2)cc1. The van der Waals surface area contributed by atoms with Crippen molar-refractivity contribution in [3.05, 3.63) is 48.3 Å². The lowest BCUT2D eigenvalue weighted by atomic mass is 10.0. The van der Waals surface area contributed by atoms with Gasteiger partial charge in [0.25, 0.3) is 0 Å². The predicted molar refractivity (Wildman–Crippen MR) is 74.3 cm³/mol. The van der Waals surface area contributed by atoms with Crippen molar-refractivity contribution in [2.75, 3.05) is 18.6 Å². The normalized spacial score (nSPS) is 18.6. The Labute approximate surface area is 113 Å². The number of hydrogen-bond donors (Lipinski definition) is 0. The number of methoxy groups -OCH3 is 1. The molecule has 1 saturated heterocycles. The molecule has 1 fully saturated rings. The number of hydrogen-bond acceptors (Lipinski definition) is 4. The van der Waals surface area contributed by atoms with Crippen molar-refractivity contribution in [1.82, 2.24) is 9.97 Å². The van der Waals surface area contributed by atoms with Gasteiger partial charge >= 0.3 is 0 Å². The molecule has 1 unspecified atom stereocenters. The third kappa shape index (κ3) is 2.38. The molecule has 1 aliphatic rings. The van der Waals surface area contributed by atoms with Crippen molar-refractivity contribution in [2.45, 2.75) is 18.9 Å². The van der Waals surface area contributed by atoms with E-state index in [1.165, 1.54) is 12.0 Å². The molecule has 1 aromatic carbocycles. The summed E-state index contributed by atoms with van der Waals surface area (Å²) in [6.45, 7) is 1.01. The average molecular weight is 255 g/mol. The van der Waals surface area contributed by atoms with Gasteiger partial charge in [-0.05, 0) is 36.6 Å². The fourth-order valence-corrected chi connectivity index (χ4v) is 2.62. The van der Waals surface area contributed by atoms with Crippen LogP contribution in [0.3, 0.4) is 0 Å². The standard InChI is InChI=1S/C15H17N3O/c1-19-13-7-5-12(6-8-13)14-4-2-11-18(14)15-16-9-3-10-17-15/h3,5-10,14H,2,4,11H2,1H3. The zero-order valence-electron chi connectivity index (χ0n) is 11.0. The van der Waals surface area contributed by atoms with Crippen LogP contribution in [0.25, 0.3) is 0 Å². The van der Waals surface area contributed by atoms with Gasteiger partial charge in [-0.1, -0.05) is 12.1 Å². The topological polar surface area (TPSA) is 38.2 Å². The van der Waals surface area contributed by atoms with Crippen molar-refractivity contribution in [2.24, 2.45) is 0 Å². The van der Waals surface area contributed by atoms with Crippen LogP contribution in [0.1, 0.15) is 24.4 Å². The highest BCUT2D eigenvalue weighted by Crippen LogP contribution is 2.34. The highest BCUT2D eigenvalue weighted by Gasteiger charge is 2.27. The maximum Gasteiger partial charge on any atom is 0.225 e. The Morgan fingerprint density at radius 2 is 1.89 bits per heavy atom. The molecule has 0 amide bonds. The van der Waals surface area contributed by atoms with Crippen LogP contribution in [-0.4, -0.2) is 23.6 Å². The average Bonchev–Trinajstić information content (AvgIpc) is 2.98. The lowest BCUT2D eigenvalue weighted by molar-refractivity contribution is 0.414. The number of rotatable bonds is 3. The first-order chi connectivity index (χ1) is 9.38. The molecule has 4 nitrogen and oxygen atoms in total. The van der Waals surface area contributed by atoms with Crippen LogP contribution < -0.4 is 9.64 Å². The molecule has 0 aliphatic carbocycles. The van der Waals surface area contributed by atoms with E-state index in [0.29, 0.717) is 6.04 Å². The van der Waals surface area contributed by atoms with Crippen LogP contribution in [0.5, 0.6) is 5.75 Å². The summed E-state index contributed by atoms with van der Waals surface area (Å²) in [4.78, 5) is 11.0. The van der Waals surface area contributed by atoms with Gasteiger partial charge in [0.05, 0.1) is 13.2 Å². The zero-order chi connectivity index (χ0) is 13.1. The van der Waals surface area contributed by atoms with Gasteiger partial charge in [0.2, 0.25) is 5.95 Å². The van der Waals surface area contributed by atoms with Gasteiger partial charge < -0.3 is 9.64 Å². The molecule has 0 bridgehead atoms. The molecule has 2 heterocycles. The number of anilines is 1. The first kappa shape index (κ1) is 12.0.